The van der Waals surface area contributed by atoms with Crippen molar-refractivity contribution in [3.63, 3.8) is 0 Å². The molecule has 0 atom stereocenters. The van der Waals surface area contributed by atoms with E-state index in [0.717, 1.165) is 6.26 Å². The normalized spacial score (nSPS) is 12.8. The Kier molecular flexibility index (Phi) is 5.02. The first-order valence-corrected chi connectivity index (χ1v) is 8.65. The predicted molar refractivity (Wildman–Crippen MR) is 83.6 cm³/mol. The minimum atomic E-state index is -3.34. The average Bonchev–Trinajstić information content (AvgIpc) is 3.00. The van der Waals surface area contributed by atoms with Gasteiger partial charge in [-0.05, 0) is 29.8 Å². The molecule has 0 aliphatic carbocycles. The number of furan rings is 1. The maximum Gasteiger partial charge on any atom is 0.332 e. The van der Waals surface area contributed by atoms with Crippen LogP contribution in [0.2, 0.25) is 0 Å². The van der Waals surface area contributed by atoms with Crippen LogP contribution in [0.1, 0.15) is 17.7 Å². The molecule has 0 bridgehead atoms. The van der Waals surface area contributed by atoms with E-state index in [1.54, 1.807) is 12.1 Å². The zero-order chi connectivity index (χ0) is 17.0. The van der Waals surface area contributed by atoms with Crippen molar-refractivity contribution >= 4 is 21.4 Å². The van der Waals surface area contributed by atoms with E-state index in [2.05, 4.69) is 0 Å². The third-order valence-electron chi connectivity index (χ3n) is 3.26. The number of carbonyl (C=O) groups is 1. The van der Waals surface area contributed by atoms with Gasteiger partial charge in [-0.3, -0.25) is 0 Å². The summed E-state index contributed by atoms with van der Waals surface area (Å²) >= 11 is 0. The van der Waals surface area contributed by atoms with Crippen LogP contribution in [0.15, 0.2) is 57.5 Å². The highest BCUT2D eigenvalue weighted by Gasteiger charge is 2.20. The van der Waals surface area contributed by atoms with Crippen LogP contribution in [0.5, 0.6) is 0 Å². The Bertz CT molecular complexity index is 814. The summed E-state index contributed by atoms with van der Waals surface area (Å²) in [5, 5.41) is 18.5. The lowest BCUT2D eigenvalue weighted by Gasteiger charge is -2.11. The molecular weight excluding hydrogens is 320 g/mol. The Balaban J connectivity index is 2.64. The van der Waals surface area contributed by atoms with Gasteiger partial charge in [0.15, 0.2) is 9.84 Å². The van der Waals surface area contributed by atoms with Crippen LogP contribution < -0.4 is 0 Å². The Morgan fingerprint density at radius 3 is 2.26 bits per heavy atom. The smallest absolute Gasteiger partial charge is 0.332 e. The van der Waals surface area contributed by atoms with Crippen LogP contribution in [0.3, 0.4) is 0 Å². The van der Waals surface area contributed by atoms with E-state index < -0.39 is 15.8 Å². The molecule has 0 unspecified atom stereocenters. The van der Waals surface area contributed by atoms with Crippen LogP contribution in [-0.2, 0) is 14.6 Å². The van der Waals surface area contributed by atoms with Gasteiger partial charge in [0.05, 0.1) is 16.7 Å². The highest BCUT2D eigenvalue weighted by Crippen LogP contribution is 2.29. The summed E-state index contributed by atoms with van der Waals surface area (Å²) in [6.45, 7) is -0.326. The fraction of sp³-hybridized carbons (Fsp3) is 0.188. The van der Waals surface area contributed by atoms with Crippen LogP contribution in [0, 0.1) is 0 Å². The third kappa shape index (κ3) is 3.88. The summed E-state index contributed by atoms with van der Waals surface area (Å²) < 4.78 is 28.4. The molecule has 0 aliphatic heterocycles. The van der Waals surface area contributed by atoms with Crippen molar-refractivity contribution in [1.29, 1.82) is 0 Å². The zero-order valence-electron chi connectivity index (χ0n) is 12.4. The molecule has 0 spiro atoms. The first-order chi connectivity index (χ1) is 10.8. The van der Waals surface area contributed by atoms with E-state index in [1.165, 1.54) is 30.5 Å². The lowest BCUT2D eigenvalue weighted by molar-refractivity contribution is -0.132. The standard InChI is InChI=1S/C16H16O6S/c1-23(20,21)12-6-4-11(5-7-12)15(14-3-2-10-22-14)13(8-9-17)16(18)19/h2-7,10,17H,8-9H2,1H3,(H,18,19). The highest BCUT2D eigenvalue weighted by atomic mass is 32.2. The molecule has 23 heavy (non-hydrogen) atoms. The minimum absolute atomic E-state index is 0.00504. The molecule has 2 rings (SSSR count). The summed E-state index contributed by atoms with van der Waals surface area (Å²) in [4.78, 5) is 11.7. The van der Waals surface area contributed by atoms with Crippen LogP contribution >= 0.6 is 0 Å². The number of hydrogen-bond donors (Lipinski definition) is 2. The molecule has 2 aromatic rings. The van der Waals surface area contributed by atoms with Crippen molar-refractivity contribution in [3.8, 4) is 0 Å². The van der Waals surface area contributed by atoms with Gasteiger partial charge in [0.25, 0.3) is 0 Å². The Hall–Kier alpha value is -2.38. The summed E-state index contributed by atoms with van der Waals surface area (Å²) in [5.74, 6) is -0.833. The number of carboxylic acid groups (broad SMARTS) is 1. The molecule has 0 fully saturated rings. The molecule has 2 N–H and O–H groups in total. The number of aliphatic carboxylic acids is 1. The van der Waals surface area contributed by atoms with Crippen LogP contribution in [0.4, 0.5) is 0 Å². The van der Waals surface area contributed by atoms with Crippen molar-refractivity contribution in [3.05, 3.63) is 59.6 Å². The van der Waals surface area contributed by atoms with Crippen molar-refractivity contribution < 1.29 is 27.8 Å². The van der Waals surface area contributed by atoms with Crippen molar-refractivity contribution in [2.24, 2.45) is 0 Å². The lowest BCUT2D eigenvalue weighted by Crippen LogP contribution is -2.07. The van der Waals surface area contributed by atoms with E-state index >= 15 is 0 Å². The van der Waals surface area contributed by atoms with Crippen molar-refractivity contribution in [2.45, 2.75) is 11.3 Å². The molecular formula is C16H16O6S. The first kappa shape index (κ1) is 17.0. The van der Waals surface area contributed by atoms with Crippen LogP contribution in [0.25, 0.3) is 5.57 Å². The largest absolute Gasteiger partial charge is 0.478 e. The SMILES string of the molecule is CS(=O)(=O)c1ccc(C(=C(CCO)C(=O)O)c2ccco2)cc1. The second kappa shape index (κ2) is 6.80. The molecule has 6 nitrogen and oxygen atoms in total. The Labute approximate surface area is 133 Å². The van der Waals surface area contributed by atoms with Gasteiger partial charge < -0.3 is 14.6 Å². The maximum absolute atomic E-state index is 11.5. The van der Waals surface area contributed by atoms with Gasteiger partial charge in [0.2, 0.25) is 0 Å². The number of carboxylic acids is 1. The molecule has 1 aromatic heterocycles. The van der Waals surface area contributed by atoms with Gasteiger partial charge in [-0.15, -0.1) is 0 Å². The number of rotatable bonds is 6. The summed E-state index contributed by atoms with van der Waals surface area (Å²) in [6.07, 6.45) is 2.46. The van der Waals surface area contributed by atoms with Gasteiger partial charge in [-0.2, -0.15) is 0 Å². The van der Waals surface area contributed by atoms with E-state index in [1.807, 2.05) is 0 Å². The zero-order valence-corrected chi connectivity index (χ0v) is 13.2. The molecule has 7 heteroatoms. The third-order valence-corrected chi connectivity index (χ3v) is 4.39. The molecule has 122 valence electrons. The number of benzene rings is 1. The molecule has 0 radical (unpaired) electrons. The second-order valence-electron chi connectivity index (χ2n) is 4.91. The summed E-state index contributed by atoms with van der Waals surface area (Å²) in [7, 11) is -3.34. The fourth-order valence-electron chi connectivity index (χ4n) is 2.21. The lowest BCUT2D eigenvalue weighted by atomic mass is 9.96. The second-order valence-corrected chi connectivity index (χ2v) is 6.92. The van der Waals surface area contributed by atoms with Crippen molar-refractivity contribution in [2.75, 3.05) is 12.9 Å². The van der Waals surface area contributed by atoms with Gasteiger partial charge in [0.1, 0.15) is 5.76 Å². The molecule has 1 heterocycles. The topological polar surface area (TPSA) is 105 Å². The van der Waals surface area contributed by atoms with Gasteiger partial charge >= 0.3 is 5.97 Å². The van der Waals surface area contributed by atoms with E-state index in [9.17, 15) is 18.3 Å². The Morgan fingerprint density at radius 2 is 1.83 bits per heavy atom. The first-order valence-electron chi connectivity index (χ1n) is 6.76. The number of sulfone groups is 1. The maximum atomic E-state index is 11.5. The van der Waals surface area contributed by atoms with Crippen LogP contribution in [-0.4, -0.2) is 37.5 Å². The molecule has 0 aliphatic rings. The quantitative estimate of drug-likeness (QED) is 0.781. The highest BCUT2D eigenvalue weighted by molar-refractivity contribution is 7.90. The van der Waals surface area contributed by atoms with E-state index in [-0.39, 0.29) is 23.5 Å². The number of hydrogen-bond acceptors (Lipinski definition) is 5. The monoisotopic (exact) mass is 336 g/mol. The van der Waals surface area contributed by atoms with E-state index in [4.69, 9.17) is 9.52 Å². The number of aliphatic hydroxyl groups excluding tert-OH is 1. The number of aliphatic hydroxyl groups is 1. The molecule has 0 saturated carbocycles. The minimum Gasteiger partial charge on any atom is -0.478 e. The van der Waals surface area contributed by atoms with Gasteiger partial charge in [-0.1, -0.05) is 12.1 Å². The summed E-state index contributed by atoms with van der Waals surface area (Å²) in [5.41, 5.74) is 0.810. The molecule has 0 saturated heterocycles. The molecule has 1 aromatic carbocycles. The Morgan fingerprint density at radius 1 is 1.17 bits per heavy atom. The predicted octanol–water partition coefficient (Wildman–Crippen LogP) is 1.95. The average molecular weight is 336 g/mol. The van der Waals surface area contributed by atoms with Crippen molar-refractivity contribution in [1.82, 2.24) is 0 Å². The van der Waals surface area contributed by atoms with E-state index in [0.29, 0.717) is 16.9 Å². The van der Waals surface area contributed by atoms with Gasteiger partial charge in [0, 0.05) is 24.9 Å². The molecule has 0 amide bonds. The van der Waals surface area contributed by atoms with Gasteiger partial charge in [-0.25, -0.2) is 13.2 Å². The fourth-order valence-corrected chi connectivity index (χ4v) is 2.84. The summed E-state index contributed by atoms with van der Waals surface area (Å²) in [6, 6.07) is 9.10.